The zero-order valence-electron chi connectivity index (χ0n) is 17.8. The quantitative estimate of drug-likeness (QED) is 0.313. The second kappa shape index (κ2) is 9.75. The maximum atomic E-state index is 11.5. The van der Waals surface area contributed by atoms with Crippen LogP contribution in [-0.4, -0.2) is 18.2 Å². The van der Waals surface area contributed by atoms with Crippen molar-refractivity contribution in [3.63, 3.8) is 0 Å². The summed E-state index contributed by atoms with van der Waals surface area (Å²) in [4.78, 5) is 11.5. The molecule has 0 unspecified atom stereocenters. The summed E-state index contributed by atoms with van der Waals surface area (Å²) in [5, 5.41) is 9.40. The van der Waals surface area contributed by atoms with Gasteiger partial charge in [-0.3, -0.25) is 0 Å². The Morgan fingerprint density at radius 1 is 0.781 bits per heavy atom. The van der Waals surface area contributed by atoms with E-state index in [1.807, 2.05) is 30.3 Å². The molecular formula is C28H24O3S. The normalized spacial score (nSPS) is 11.2. The highest BCUT2D eigenvalue weighted by Crippen LogP contribution is 2.49. The summed E-state index contributed by atoms with van der Waals surface area (Å²) in [7, 11) is 1.67. The van der Waals surface area contributed by atoms with Crippen molar-refractivity contribution < 1.29 is 14.6 Å². The smallest absolute Gasteiger partial charge is 0.335 e. The molecule has 0 amide bonds. The molecule has 0 aliphatic rings. The summed E-state index contributed by atoms with van der Waals surface area (Å²) >= 11 is 1.78. The number of aromatic carboxylic acids is 1. The van der Waals surface area contributed by atoms with E-state index in [2.05, 4.69) is 60.7 Å². The number of thioether (sulfide) groups is 1. The molecule has 1 N–H and O–H groups in total. The highest BCUT2D eigenvalue weighted by Gasteiger charge is 2.37. The van der Waals surface area contributed by atoms with Crippen molar-refractivity contribution in [2.24, 2.45) is 0 Å². The fourth-order valence-electron chi connectivity index (χ4n) is 3.91. The third kappa shape index (κ3) is 4.41. The van der Waals surface area contributed by atoms with Crippen LogP contribution in [0.1, 0.15) is 32.6 Å². The third-order valence-corrected chi connectivity index (χ3v) is 7.10. The van der Waals surface area contributed by atoms with E-state index >= 15 is 0 Å². The summed E-state index contributed by atoms with van der Waals surface area (Å²) in [5.74, 6) is 0.545. The minimum Gasteiger partial charge on any atom is -0.497 e. The molecule has 0 aliphatic heterocycles. The molecule has 3 nitrogen and oxygen atoms in total. The molecule has 0 spiro atoms. The van der Waals surface area contributed by atoms with Crippen LogP contribution in [0.15, 0.2) is 109 Å². The number of methoxy groups -OCH3 is 1. The molecule has 0 aliphatic carbocycles. The summed E-state index contributed by atoms with van der Waals surface area (Å²) < 4.78 is 4.92. The van der Waals surface area contributed by atoms with Gasteiger partial charge in [-0.15, -0.1) is 11.8 Å². The van der Waals surface area contributed by atoms with Crippen LogP contribution in [0, 0.1) is 0 Å². The van der Waals surface area contributed by atoms with Gasteiger partial charge in [-0.25, -0.2) is 4.79 Å². The van der Waals surface area contributed by atoms with Crippen molar-refractivity contribution in [3.05, 3.63) is 137 Å². The lowest BCUT2D eigenvalue weighted by molar-refractivity contribution is 0.0696. The topological polar surface area (TPSA) is 46.5 Å². The zero-order valence-corrected chi connectivity index (χ0v) is 18.6. The van der Waals surface area contributed by atoms with Crippen LogP contribution < -0.4 is 4.74 Å². The SMILES string of the molecule is COc1ccc(C(SCc2cccc(C(=O)O)c2)(c2ccccc2)c2ccccc2)cc1. The van der Waals surface area contributed by atoms with Crippen LogP contribution in [-0.2, 0) is 10.5 Å². The molecule has 4 aromatic rings. The first-order valence-electron chi connectivity index (χ1n) is 10.4. The number of benzene rings is 4. The minimum atomic E-state index is -0.913. The van der Waals surface area contributed by atoms with Gasteiger partial charge in [0, 0.05) is 5.75 Å². The second-order valence-electron chi connectivity index (χ2n) is 7.44. The predicted molar refractivity (Wildman–Crippen MR) is 130 cm³/mol. The van der Waals surface area contributed by atoms with Crippen molar-refractivity contribution >= 4 is 17.7 Å². The molecular weight excluding hydrogens is 416 g/mol. The summed E-state index contributed by atoms with van der Waals surface area (Å²) in [5.41, 5.74) is 4.74. The van der Waals surface area contributed by atoms with Crippen LogP contribution >= 0.6 is 11.8 Å². The Kier molecular flexibility index (Phi) is 6.62. The van der Waals surface area contributed by atoms with E-state index in [-0.39, 0.29) is 0 Å². The van der Waals surface area contributed by atoms with Gasteiger partial charge < -0.3 is 9.84 Å². The average Bonchev–Trinajstić information content (AvgIpc) is 2.86. The number of hydrogen-bond donors (Lipinski definition) is 1. The Labute approximate surface area is 192 Å². The molecule has 0 atom stereocenters. The van der Waals surface area contributed by atoms with Crippen LogP contribution in [0.5, 0.6) is 5.75 Å². The molecule has 4 heteroatoms. The van der Waals surface area contributed by atoms with Gasteiger partial charge in [0.15, 0.2) is 0 Å². The van der Waals surface area contributed by atoms with E-state index in [9.17, 15) is 9.90 Å². The zero-order chi connectivity index (χ0) is 22.4. The Bertz CT molecular complexity index is 1130. The Hall–Kier alpha value is -3.50. The second-order valence-corrected chi connectivity index (χ2v) is 8.63. The van der Waals surface area contributed by atoms with Crippen LogP contribution in [0.3, 0.4) is 0 Å². The molecule has 32 heavy (non-hydrogen) atoms. The Morgan fingerprint density at radius 3 is 1.88 bits per heavy atom. The molecule has 0 fully saturated rings. The first kappa shape index (κ1) is 21.7. The van der Waals surface area contributed by atoms with Crippen LogP contribution in [0.25, 0.3) is 0 Å². The van der Waals surface area contributed by atoms with Gasteiger partial charge in [-0.2, -0.15) is 0 Å². The van der Waals surface area contributed by atoms with Crippen molar-refractivity contribution in [1.29, 1.82) is 0 Å². The Morgan fingerprint density at radius 2 is 1.34 bits per heavy atom. The number of hydrogen-bond acceptors (Lipinski definition) is 3. The predicted octanol–water partition coefficient (Wildman–Crippen LogP) is 6.62. The molecule has 0 bridgehead atoms. The first-order chi connectivity index (χ1) is 15.6. The Balaban J connectivity index is 1.86. The maximum Gasteiger partial charge on any atom is 0.335 e. The molecule has 0 radical (unpaired) electrons. The molecule has 0 saturated carbocycles. The fourth-order valence-corrected chi connectivity index (χ4v) is 5.38. The van der Waals surface area contributed by atoms with Gasteiger partial charge in [0.25, 0.3) is 0 Å². The summed E-state index contributed by atoms with van der Waals surface area (Å²) in [6.07, 6.45) is 0. The summed E-state index contributed by atoms with van der Waals surface area (Å²) in [6, 6.07) is 36.2. The third-order valence-electron chi connectivity index (χ3n) is 5.49. The van der Waals surface area contributed by atoms with E-state index in [1.165, 1.54) is 0 Å². The lowest BCUT2D eigenvalue weighted by Gasteiger charge is -2.35. The highest BCUT2D eigenvalue weighted by atomic mass is 32.2. The number of rotatable bonds is 8. The van der Waals surface area contributed by atoms with Crippen molar-refractivity contribution in [3.8, 4) is 5.75 Å². The number of carboxylic acids is 1. The maximum absolute atomic E-state index is 11.5. The lowest BCUT2D eigenvalue weighted by Crippen LogP contribution is -2.25. The lowest BCUT2D eigenvalue weighted by atomic mass is 9.84. The largest absolute Gasteiger partial charge is 0.497 e. The van der Waals surface area contributed by atoms with Gasteiger partial charge in [0.05, 0.1) is 17.4 Å². The van der Waals surface area contributed by atoms with Gasteiger partial charge in [0.2, 0.25) is 0 Å². The van der Waals surface area contributed by atoms with E-state index in [0.717, 1.165) is 28.0 Å². The summed E-state index contributed by atoms with van der Waals surface area (Å²) in [6.45, 7) is 0. The molecule has 0 aromatic heterocycles. The fraction of sp³-hybridized carbons (Fsp3) is 0.107. The average molecular weight is 441 g/mol. The number of carboxylic acid groups (broad SMARTS) is 1. The van der Waals surface area contributed by atoms with Crippen LogP contribution in [0.4, 0.5) is 0 Å². The van der Waals surface area contributed by atoms with Crippen molar-refractivity contribution in [2.75, 3.05) is 7.11 Å². The van der Waals surface area contributed by atoms with E-state index < -0.39 is 10.7 Å². The standard InChI is InChI=1S/C28H24O3S/c1-31-26-17-15-25(16-18-26)28(23-11-4-2-5-12-23,24-13-6-3-7-14-24)32-20-21-9-8-10-22(19-21)27(29)30/h2-19H,20H2,1H3,(H,29,30). The van der Waals surface area contributed by atoms with Crippen molar-refractivity contribution in [1.82, 2.24) is 0 Å². The minimum absolute atomic E-state index is 0.303. The van der Waals surface area contributed by atoms with E-state index in [4.69, 9.17) is 4.74 Å². The van der Waals surface area contributed by atoms with Crippen molar-refractivity contribution in [2.45, 2.75) is 10.5 Å². The monoisotopic (exact) mass is 440 g/mol. The van der Waals surface area contributed by atoms with Gasteiger partial charge >= 0.3 is 5.97 Å². The highest BCUT2D eigenvalue weighted by molar-refractivity contribution is 7.99. The molecule has 0 heterocycles. The molecule has 4 aromatic carbocycles. The van der Waals surface area contributed by atoms with E-state index in [1.54, 1.807) is 37.1 Å². The first-order valence-corrected chi connectivity index (χ1v) is 11.3. The number of carbonyl (C=O) groups is 1. The van der Waals surface area contributed by atoms with Gasteiger partial charge in [-0.1, -0.05) is 84.9 Å². The van der Waals surface area contributed by atoms with E-state index in [0.29, 0.717) is 11.3 Å². The van der Waals surface area contributed by atoms with Gasteiger partial charge in [0.1, 0.15) is 5.75 Å². The van der Waals surface area contributed by atoms with Crippen LogP contribution in [0.2, 0.25) is 0 Å². The molecule has 0 saturated heterocycles. The molecule has 4 rings (SSSR count). The van der Waals surface area contributed by atoms with Gasteiger partial charge in [-0.05, 0) is 46.5 Å². The number of ether oxygens (including phenoxy) is 1. The molecule has 160 valence electrons.